The lowest BCUT2D eigenvalue weighted by atomic mass is 10.0. The summed E-state index contributed by atoms with van der Waals surface area (Å²) in [6.45, 7) is 14.3. The molecule has 1 aliphatic heterocycles. The molecule has 0 aromatic heterocycles. The molecule has 26 heavy (non-hydrogen) atoms. The summed E-state index contributed by atoms with van der Waals surface area (Å²) in [5.41, 5.74) is 3.40. The van der Waals surface area contributed by atoms with Gasteiger partial charge in [0.15, 0.2) is 0 Å². The molecule has 0 N–H and O–H groups in total. The molecular weight excluding hydrogens is 328 g/mol. The molecule has 5 nitrogen and oxygen atoms in total. The third-order valence-electron chi connectivity index (χ3n) is 4.86. The van der Waals surface area contributed by atoms with E-state index in [0.29, 0.717) is 0 Å². The zero-order valence-electron chi connectivity index (χ0n) is 17.2. The van der Waals surface area contributed by atoms with Crippen LogP contribution in [0.5, 0.6) is 5.75 Å². The van der Waals surface area contributed by atoms with E-state index >= 15 is 0 Å². The molecule has 0 bridgehead atoms. The van der Waals surface area contributed by atoms with E-state index < -0.39 is 5.60 Å². The minimum absolute atomic E-state index is 0.195. The standard InChI is InChI=1S/C21H34N2O3/c1-16-14-18(15-19(25-6)17(16)2)8-7-9-22-10-12-23(13-11-22)20(24)26-21(3,4)5/h14-15H,7-13H2,1-6H3. The number of piperazine rings is 1. The van der Waals surface area contributed by atoms with Crippen molar-refractivity contribution in [2.24, 2.45) is 0 Å². The zero-order chi connectivity index (χ0) is 19.3. The number of hydrogen-bond acceptors (Lipinski definition) is 4. The first-order chi connectivity index (χ1) is 12.2. The summed E-state index contributed by atoms with van der Waals surface area (Å²) in [4.78, 5) is 16.4. The maximum absolute atomic E-state index is 12.1. The summed E-state index contributed by atoms with van der Waals surface area (Å²) in [5, 5.41) is 0. The van der Waals surface area contributed by atoms with Crippen molar-refractivity contribution in [1.29, 1.82) is 0 Å². The Hall–Kier alpha value is -1.75. The van der Waals surface area contributed by atoms with Crippen molar-refractivity contribution in [3.63, 3.8) is 0 Å². The molecule has 1 aromatic rings. The molecule has 0 unspecified atom stereocenters. The molecule has 1 heterocycles. The molecule has 0 atom stereocenters. The first kappa shape index (κ1) is 20.6. The number of amides is 1. The fourth-order valence-electron chi connectivity index (χ4n) is 3.24. The molecule has 0 radical (unpaired) electrons. The highest BCUT2D eigenvalue weighted by atomic mass is 16.6. The van der Waals surface area contributed by atoms with Gasteiger partial charge >= 0.3 is 6.09 Å². The first-order valence-corrected chi connectivity index (χ1v) is 9.54. The molecule has 1 aromatic carbocycles. The van der Waals surface area contributed by atoms with Gasteiger partial charge in [-0.3, -0.25) is 4.90 Å². The number of aryl methyl sites for hydroxylation is 2. The van der Waals surface area contributed by atoms with Crippen LogP contribution in [0.4, 0.5) is 4.79 Å². The van der Waals surface area contributed by atoms with Crippen LogP contribution in [-0.2, 0) is 11.2 Å². The maximum atomic E-state index is 12.1. The Morgan fingerprint density at radius 2 is 1.77 bits per heavy atom. The first-order valence-electron chi connectivity index (χ1n) is 9.54. The molecule has 0 spiro atoms. The SMILES string of the molecule is COc1cc(CCCN2CCN(C(=O)OC(C)(C)C)CC2)cc(C)c1C. The molecule has 146 valence electrons. The number of carbonyl (C=O) groups excluding carboxylic acids is 1. The van der Waals surface area contributed by atoms with Crippen LogP contribution < -0.4 is 4.74 Å². The molecule has 1 aliphatic rings. The van der Waals surface area contributed by atoms with Gasteiger partial charge < -0.3 is 14.4 Å². The minimum Gasteiger partial charge on any atom is -0.496 e. The van der Waals surface area contributed by atoms with Gasteiger partial charge in [0.1, 0.15) is 11.4 Å². The second-order valence-corrected chi connectivity index (χ2v) is 8.15. The van der Waals surface area contributed by atoms with Crippen LogP contribution >= 0.6 is 0 Å². The molecule has 1 fully saturated rings. The number of hydrogen-bond donors (Lipinski definition) is 0. The Morgan fingerprint density at radius 1 is 1.12 bits per heavy atom. The number of rotatable bonds is 5. The minimum atomic E-state index is -0.429. The number of carbonyl (C=O) groups is 1. The van der Waals surface area contributed by atoms with E-state index in [-0.39, 0.29) is 6.09 Å². The van der Waals surface area contributed by atoms with Gasteiger partial charge in [0, 0.05) is 26.2 Å². The number of ether oxygens (including phenoxy) is 2. The Balaban J connectivity index is 1.75. The summed E-state index contributed by atoms with van der Waals surface area (Å²) in [5.74, 6) is 0.978. The summed E-state index contributed by atoms with van der Waals surface area (Å²) >= 11 is 0. The van der Waals surface area contributed by atoms with E-state index in [1.807, 2.05) is 25.7 Å². The van der Waals surface area contributed by atoms with Gasteiger partial charge in [0.25, 0.3) is 0 Å². The molecule has 0 aliphatic carbocycles. The fourth-order valence-corrected chi connectivity index (χ4v) is 3.24. The van der Waals surface area contributed by atoms with E-state index in [0.717, 1.165) is 51.3 Å². The number of methoxy groups -OCH3 is 1. The number of nitrogens with zero attached hydrogens (tertiary/aromatic N) is 2. The van der Waals surface area contributed by atoms with Crippen molar-refractivity contribution >= 4 is 6.09 Å². The van der Waals surface area contributed by atoms with Crippen molar-refractivity contribution in [2.75, 3.05) is 39.8 Å². The van der Waals surface area contributed by atoms with Gasteiger partial charge in [0.05, 0.1) is 7.11 Å². The lowest BCUT2D eigenvalue weighted by molar-refractivity contribution is 0.0145. The van der Waals surface area contributed by atoms with Gasteiger partial charge in [-0.15, -0.1) is 0 Å². The van der Waals surface area contributed by atoms with Gasteiger partial charge in [-0.05, 0) is 76.8 Å². The predicted octanol–water partition coefficient (Wildman–Crippen LogP) is 3.80. The molecule has 1 amide bonds. The Kier molecular flexibility index (Phi) is 6.93. The van der Waals surface area contributed by atoms with Crippen LogP contribution in [0.25, 0.3) is 0 Å². The van der Waals surface area contributed by atoms with Crippen LogP contribution in [0.2, 0.25) is 0 Å². The van der Waals surface area contributed by atoms with Gasteiger partial charge in [0.2, 0.25) is 0 Å². The number of benzene rings is 1. The average Bonchev–Trinajstić information content (AvgIpc) is 2.57. The van der Waals surface area contributed by atoms with Crippen LogP contribution in [0.15, 0.2) is 12.1 Å². The highest BCUT2D eigenvalue weighted by molar-refractivity contribution is 5.68. The van der Waals surface area contributed by atoms with Crippen molar-refractivity contribution in [2.45, 2.75) is 53.1 Å². The highest BCUT2D eigenvalue weighted by Gasteiger charge is 2.25. The predicted molar refractivity (Wildman–Crippen MR) is 105 cm³/mol. The van der Waals surface area contributed by atoms with Crippen LogP contribution in [0.1, 0.15) is 43.9 Å². The topological polar surface area (TPSA) is 42.0 Å². The average molecular weight is 363 g/mol. The normalized spacial score (nSPS) is 15.8. The monoisotopic (exact) mass is 362 g/mol. The summed E-state index contributed by atoms with van der Waals surface area (Å²) in [6, 6.07) is 4.42. The Labute approximate surface area is 158 Å². The largest absolute Gasteiger partial charge is 0.496 e. The second kappa shape index (κ2) is 8.76. The highest BCUT2D eigenvalue weighted by Crippen LogP contribution is 2.24. The zero-order valence-corrected chi connectivity index (χ0v) is 17.2. The van der Waals surface area contributed by atoms with Crippen LogP contribution in [0, 0.1) is 13.8 Å². The van der Waals surface area contributed by atoms with Crippen LogP contribution in [-0.4, -0.2) is 61.3 Å². The lowest BCUT2D eigenvalue weighted by Crippen LogP contribution is -2.50. The molecule has 0 saturated carbocycles. The summed E-state index contributed by atoms with van der Waals surface area (Å²) in [7, 11) is 1.73. The van der Waals surface area contributed by atoms with Crippen molar-refractivity contribution < 1.29 is 14.3 Å². The molecule has 1 saturated heterocycles. The third-order valence-corrected chi connectivity index (χ3v) is 4.86. The van der Waals surface area contributed by atoms with E-state index in [1.54, 1.807) is 7.11 Å². The third kappa shape index (κ3) is 5.90. The molecular formula is C21H34N2O3. The van der Waals surface area contributed by atoms with Crippen molar-refractivity contribution in [3.8, 4) is 5.75 Å². The van der Waals surface area contributed by atoms with Gasteiger partial charge in [-0.1, -0.05) is 6.07 Å². The summed E-state index contributed by atoms with van der Waals surface area (Å²) < 4.78 is 10.9. The van der Waals surface area contributed by atoms with E-state index in [4.69, 9.17) is 9.47 Å². The van der Waals surface area contributed by atoms with E-state index in [1.165, 1.54) is 16.7 Å². The lowest BCUT2D eigenvalue weighted by Gasteiger charge is -2.35. The van der Waals surface area contributed by atoms with Crippen molar-refractivity contribution in [1.82, 2.24) is 9.80 Å². The molecule has 2 rings (SSSR count). The Morgan fingerprint density at radius 3 is 2.35 bits per heavy atom. The van der Waals surface area contributed by atoms with Crippen molar-refractivity contribution in [3.05, 3.63) is 28.8 Å². The maximum Gasteiger partial charge on any atom is 0.410 e. The Bertz CT molecular complexity index is 614. The smallest absolute Gasteiger partial charge is 0.410 e. The fraction of sp³-hybridized carbons (Fsp3) is 0.667. The molecule has 5 heteroatoms. The quantitative estimate of drug-likeness (QED) is 0.799. The summed E-state index contributed by atoms with van der Waals surface area (Å²) in [6.07, 6.45) is 1.96. The van der Waals surface area contributed by atoms with Gasteiger partial charge in [-0.2, -0.15) is 0 Å². The van der Waals surface area contributed by atoms with E-state index in [9.17, 15) is 4.79 Å². The van der Waals surface area contributed by atoms with Crippen LogP contribution in [0.3, 0.4) is 0 Å². The second-order valence-electron chi connectivity index (χ2n) is 8.15. The van der Waals surface area contributed by atoms with Gasteiger partial charge in [-0.25, -0.2) is 4.79 Å². The van der Waals surface area contributed by atoms with E-state index in [2.05, 4.69) is 30.9 Å².